The second-order valence-corrected chi connectivity index (χ2v) is 8.52. The van der Waals surface area contributed by atoms with Crippen molar-refractivity contribution < 1.29 is 41.0 Å². The number of carbonyl (C=O) groups is 1. The SMILES string of the molecule is CCC(C)[C@H](O)C(=O)Nc1ccc(S(=O)(=O)Nc2cccc(OC(F)(F)F)c2)c(OC)c1. The number of nitrogens with one attached hydrogen (secondary N) is 2. The van der Waals surface area contributed by atoms with Gasteiger partial charge in [0.2, 0.25) is 0 Å². The Kier molecular flexibility index (Phi) is 7.97. The summed E-state index contributed by atoms with van der Waals surface area (Å²) < 4.78 is 73.8. The first kappa shape index (κ1) is 25.3. The summed E-state index contributed by atoms with van der Waals surface area (Å²) in [5.41, 5.74) is 0.0246. The molecule has 8 nitrogen and oxygen atoms in total. The van der Waals surface area contributed by atoms with Gasteiger partial charge in [0.15, 0.2) is 0 Å². The molecule has 2 atom stereocenters. The van der Waals surface area contributed by atoms with Gasteiger partial charge in [-0.25, -0.2) is 8.42 Å². The normalized spacial score (nSPS) is 13.7. The standard InChI is InChI=1S/C20H23F3N2O6S/c1-4-12(2)18(26)19(27)24-13-8-9-17(16(11-13)30-3)32(28,29)25-14-6-5-7-15(10-14)31-20(21,22)23/h5-12,18,25-26H,4H2,1-3H3,(H,24,27)/t12?,18-/m0/s1. The van der Waals surface area contributed by atoms with Crippen molar-refractivity contribution in [1.29, 1.82) is 0 Å². The molecular weight excluding hydrogens is 453 g/mol. The van der Waals surface area contributed by atoms with Crippen LogP contribution in [-0.4, -0.2) is 39.0 Å². The lowest BCUT2D eigenvalue weighted by Crippen LogP contribution is -2.32. The molecule has 1 amide bonds. The molecule has 1 unspecified atom stereocenters. The molecule has 0 bridgehead atoms. The summed E-state index contributed by atoms with van der Waals surface area (Å²) in [6.45, 7) is 3.53. The van der Waals surface area contributed by atoms with Crippen molar-refractivity contribution in [2.45, 2.75) is 37.6 Å². The quantitative estimate of drug-likeness (QED) is 0.508. The topological polar surface area (TPSA) is 114 Å². The van der Waals surface area contributed by atoms with Gasteiger partial charge in [0.1, 0.15) is 22.5 Å². The van der Waals surface area contributed by atoms with Gasteiger partial charge in [0, 0.05) is 17.8 Å². The van der Waals surface area contributed by atoms with Crippen LogP contribution in [0.3, 0.4) is 0 Å². The van der Waals surface area contributed by atoms with Crippen molar-refractivity contribution in [2.75, 3.05) is 17.1 Å². The van der Waals surface area contributed by atoms with Gasteiger partial charge in [-0.1, -0.05) is 26.3 Å². The molecule has 0 radical (unpaired) electrons. The fourth-order valence-electron chi connectivity index (χ4n) is 2.63. The number of methoxy groups -OCH3 is 1. The lowest BCUT2D eigenvalue weighted by atomic mass is 10.0. The molecule has 2 aromatic rings. The minimum absolute atomic E-state index is 0.129. The van der Waals surface area contributed by atoms with Gasteiger partial charge in [-0.2, -0.15) is 0 Å². The van der Waals surface area contributed by atoms with E-state index in [0.29, 0.717) is 6.42 Å². The van der Waals surface area contributed by atoms with Crippen LogP contribution in [0, 0.1) is 5.92 Å². The van der Waals surface area contributed by atoms with E-state index in [4.69, 9.17) is 4.74 Å². The smallest absolute Gasteiger partial charge is 0.495 e. The maximum absolute atomic E-state index is 12.8. The number of halogens is 3. The maximum atomic E-state index is 12.8. The summed E-state index contributed by atoms with van der Waals surface area (Å²) in [7, 11) is -3.06. The number of benzene rings is 2. The molecule has 0 aliphatic rings. The summed E-state index contributed by atoms with van der Waals surface area (Å²) in [6.07, 6.45) is -5.60. The Labute approximate surface area is 183 Å². The van der Waals surface area contributed by atoms with Crippen LogP contribution < -0.4 is 19.5 Å². The largest absolute Gasteiger partial charge is 0.573 e. The third-order valence-electron chi connectivity index (χ3n) is 4.49. The van der Waals surface area contributed by atoms with E-state index in [2.05, 4.69) is 14.8 Å². The van der Waals surface area contributed by atoms with E-state index < -0.39 is 34.1 Å². The summed E-state index contributed by atoms with van der Waals surface area (Å²) in [6, 6.07) is 8.04. The number of ether oxygens (including phenoxy) is 2. The van der Waals surface area contributed by atoms with Crippen LogP contribution in [0.2, 0.25) is 0 Å². The van der Waals surface area contributed by atoms with Crippen LogP contribution in [-0.2, 0) is 14.8 Å². The second kappa shape index (κ2) is 10.1. The molecule has 0 heterocycles. The zero-order chi connectivity index (χ0) is 24.1. The molecule has 2 aromatic carbocycles. The van der Waals surface area contributed by atoms with Crippen LogP contribution >= 0.6 is 0 Å². The van der Waals surface area contributed by atoms with Gasteiger partial charge in [-0.3, -0.25) is 9.52 Å². The van der Waals surface area contributed by atoms with Crippen molar-refractivity contribution in [3.05, 3.63) is 42.5 Å². The Morgan fingerprint density at radius 2 is 1.84 bits per heavy atom. The zero-order valence-electron chi connectivity index (χ0n) is 17.4. The van der Waals surface area contributed by atoms with Gasteiger partial charge in [-0.05, 0) is 30.2 Å². The average molecular weight is 476 g/mol. The Morgan fingerprint density at radius 1 is 1.16 bits per heavy atom. The highest BCUT2D eigenvalue weighted by atomic mass is 32.2. The van der Waals surface area contributed by atoms with Crippen LogP contribution in [0.4, 0.5) is 24.5 Å². The van der Waals surface area contributed by atoms with E-state index in [1.807, 2.05) is 6.92 Å². The lowest BCUT2D eigenvalue weighted by Gasteiger charge is -2.18. The van der Waals surface area contributed by atoms with Crippen LogP contribution in [0.25, 0.3) is 0 Å². The summed E-state index contributed by atoms with van der Waals surface area (Å²) in [5, 5.41) is 12.5. The predicted octanol–water partition coefficient (Wildman–Crippen LogP) is 3.74. The first-order chi connectivity index (χ1) is 14.9. The Bertz CT molecular complexity index is 1060. The highest BCUT2D eigenvalue weighted by molar-refractivity contribution is 7.92. The van der Waals surface area contributed by atoms with E-state index >= 15 is 0 Å². The number of anilines is 2. The third kappa shape index (κ3) is 6.76. The monoisotopic (exact) mass is 476 g/mol. The maximum Gasteiger partial charge on any atom is 0.573 e. The Morgan fingerprint density at radius 3 is 2.44 bits per heavy atom. The van der Waals surface area contributed by atoms with E-state index in [1.165, 1.54) is 31.4 Å². The minimum Gasteiger partial charge on any atom is -0.495 e. The number of hydrogen-bond donors (Lipinski definition) is 3. The van der Waals surface area contributed by atoms with Crippen molar-refractivity contribution in [1.82, 2.24) is 0 Å². The minimum atomic E-state index is -4.93. The van der Waals surface area contributed by atoms with E-state index in [-0.39, 0.29) is 27.9 Å². The second-order valence-electron chi connectivity index (χ2n) is 6.87. The highest BCUT2D eigenvalue weighted by Gasteiger charge is 2.31. The van der Waals surface area contributed by atoms with E-state index in [9.17, 15) is 31.5 Å². The zero-order valence-corrected chi connectivity index (χ0v) is 18.3. The van der Waals surface area contributed by atoms with Crippen molar-refractivity contribution in [3.8, 4) is 11.5 Å². The number of hydrogen-bond acceptors (Lipinski definition) is 6. The number of aliphatic hydroxyl groups is 1. The molecule has 12 heteroatoms. The fourth-order valence-corrected chi connectivity index (χ4v) is 3.83. The summed E-state index contributed by atoms with van der Waals surface area (Å²) in [4.78, 5) is 11.8. The van der Waals surface area contributed by atoms with Crippen LogP contribution in [0.5, 0.6) is 11.5 Å². The van der Waals surface area contributed by atoms with Crippen molar-refractivity contribution >= 4 is 27.3 Å². The number of amides is 1. The van der Waals surface area contributed by atoms with E-state index in [1.54, 1.807) is 6.92 Å². The summed E-state index contributed by atoms with van der Waals surface area (Å²) >= 11 is 0. The molecule has 32 heavy (non-hydrogen) atoms. The predicted molar refractivity (Wildman–Crippen MR) is 111 cm³/mol. The van der Waals surface area contributed by atoms with Gasteiger partial charge in [-0.15, -0.1) is 13.2 Å². The number of aliphatic hydroxyl groups excluding tert-OH is 1. The number of rotatable bonds is 9. The molecule has 0 fully saturated rings. The van der Waals surface area contributed by atoms with Gasteiger partial charge in [0.05, 0.1) is 12.8 Å². The van der Waals surface area contributed by atoms with Gasteiger partial charge >= 0.3 is 6.36 Å². The molecule has 0 aliphatic heterocycles. The molecule has 176 valence electrons. The fraction of sp³-hybridized carbons (Fsp3) is 0.350. The molecule has 0 spiro atoms. The average Bonchev–Trinajstić information content (AvgIpc) is 2.70. The number of carbonyl (C=O) groups excluding carboxylic acids is 1. The van der Waals surface area contributed by atoms with Crippen molar-refractivity contribution in [2.24, 2.45) is 5.92 Å². The molecule has 0 aliphatic carbocycles. The molecular formula is C20H23F3N2O6S. The number of sulfonamides is 1. The molecule has 2 rings (SSSR count). The lowest BCUT2D eigenvalue weighted by molar-refractivity contribution is -0.274. The van der Waals surface area contributed by atoms with Crippen molar-refractivity contribution in [3.63, 3.8) is 0 Å². The van der Waals surface area contributed by atoms with Crippen LogP contribution in [0.15, 0.2) is 47.4 Å². The Balaban J connectivity index is 2.25. The first-order valence-electron chi connectivity index (χ1n) is 9.42. The van der Waals surface area contributed by atoms with Crippen LogP contribution in [0.1, 0.15) is 20.3 Å². The third-order valence-corrected chi connectivity index (χ3v) is 5.91. The molecule has 0 saturated carbocycles. The molecule has 0 aromatic heterocycles. The van der Waals surface area contributed by atoms with Gasteiger partial charge in [0.25, 0.3) is 15.9 Å². The summed E-state index contributed by atoms with van der Waals surface area (Å²) in [5.74, 6) is -1.66. The number of alkyl halides is 3. The first-order valence-corrected chi connectivity index (χ1v) is 10.9. The molecule has 3 N–H and O–H groups in total. The van der Waals surface area contributed by atoms with E-state index in [0.717, 1.165) is 18.2 Å². The Hall–Kier alpha value is -2.99. The highest BCUT2D eigenvalue weighted by Crippen LogP contribution is 2.31. The van der Waals surface area contributed by atoms with Gasteiger partial charge < -0.3 is 19.9 Å². The molecule has 0 saturated heterocycles.